The molecule has 16 heavy (non-hydrogen) atoms. The first-order chi connectivity index (χ1) is 7.29. The molecule has 2 nitrogen and oxygen atoms in total. The number of pyridine rings is 1. The molecule has 90 valence electrons. The van der Waals surface area contributed by atoms with Gasteiger partial charge in [0.25, 0.3) is 6.43 Å². The highest BCUT2D eigenvalue weighted by molar-refractivity contribution is 5.33. The van der Waals surface area contributed by atoms with Gasteiger partial charge in [0.15, 0.2) is 11.5 Å². The molecular weight excluding hydrogens is 240 g/mol. The summed E-state index contributed by atoms with van der Waals surface area (Å²) in [6.45, 7) is -1.36. The maximum Gasteiger partial charge on any atom is 0.433 e. The van der Waals surface area contributed by atoms with E-state index in [1.54, 1.807) is 0 Å². The van der Waals surface area contributed by atoms with Crippen molar-refractivity contribution >= 4 is 0 Å². The Bertz CT molecular complexity index is 389. The summed E-state index contributed by atoms with van der Waals surface area (Å²) in [5, 5.41) is 8.60. The van der Waals surface area contributed by atoms with Crippen molar-refractivity contribution in [1.82, 2.24) is 4.98 Å². The molecule has 0 fully saturated rings. The third-order valence-corrected chi connectivity index (χ3v) is 1.82. The summed E-state index contributed by atoms with van der Waals surface area (Å²) in [7, 11) is 0. The fourth-order valence-corrected chi connectivity index (χ4v) is 1.18. The number of alkyl halides is 5. The molecule has 1 rings (SSSR count). The molecule has 1 heterocycles. The van der Waals surface area contributed by atoms with Crippen LogP contribution in [0, 0.1) is 5.82 Å². The first-order valence-electron chi connectivity index (χ1n) is 3.92. The highest BCUT2D eigenvalue weighted by Crippen LogP contribution is 2.35. The number of hydrogen-bond donors (Lipinski definition) is 1. The largest absolute Gasteiger partial charge is 0.433 e. The fourth-order valence-electron chi connectivity index (χ4n) is 1.18. The lowest BCUT2D eigenvalue weighted by Gasteiger charge is -2.14. The van der Waals surface area contributed by atoms with Crippen LogP contribution in [0.3, 0.4) is 0 Å². The standard InChI is InChI=1S/C8H5F6NO/c9-4-1-15-6(8(12,13)14)3(2-16)5(4)7(10)11/h1,7,16H,2H2. The lowest BCUT2D eigenvalue weighted by Crippen LogP contribution is -2.15. The lowest BCUT2D eigenvalue weighted by molar-refractivity contribution is -0.142. The Morgan fingerprint density at radius 2 is 1.88 bits per heavy atom. The third kappa shape index (κ3) is 2.26. The number of rotatable bonds is 2. The van der Waals surface area contributed by atoms with E-state index in [1.165, 1.54) is 0 Å². The molecule has 8 heteroatoms. The van der Waals surface area contributed by atoms with Crippen LogP contribution in [0.2, 0.25) is 0 Å². The Hall–Kier alpha value is -1.31. The van der Waals surface area contributed by atoms with Gasteiger partial charge in [-0.3, -0.25) is 0 Å². The quantitative estimate of drug-likeness (QED) is 0.812. The number of aliphatic hydroxyl groups excluding tert-OH is 1. The van der Waals surface area contributed by atoms with E-state index >= 15 is 0 Å². The molecule has 0 bridgehead atoms. The van der Waals surface area contributed by atoms with Crippen molar-refractivity contribution in [3.05, 3.63) is 28.8 Å². The van der Waals surface area contributed by atoms with Crippen LogP contribution in [0.15, 0.2) is 6.20 Å². The van der Waals surface area contributed by atoms with Crippen LogP contribution in [0.1, 0.15) is 23.2 Å². The summed E-state index contributed by atoms with van der Waals surface area (Å²) in [5.41, 5.74) is -4.40. The third-order valence-electron chi connectivity index (χ3n) is 1.82. The Balaban J connectivity index is 3.49. The average molecular weight is 245 g/mol. The number of halogens is 6. The summed E-state index contributed by atoms with van der Waals surface area (Å²) >= 11 is 0. The Kier molecular flexibility index (Phi) is 3.41. The zero-order valence-electron chi connectivity index (χ0n) is 7.52. The van der Waals surface area contributed by atoms with Crippen LogP contribution in [0.5, 0.6) is 0 Å². The zero-order chi connectivity index (χ0) is 12.5. The second-order valence-corrected chi connectivity index (χ2v) is 2.80. The van der Waals surface area contributed by atoms with E-state index in [9.17, 15) is 26.3 Å². The summed E-state index contributed by atoms with van der Waals surface area (Å²) < 4.78 is 74.2. The maximum atomic E-state index is 12.8. The molecule has 0 aliphatic carbocycles. The van der Waals surface area contributed by atoms with Gasteiger partial charge in [-0.05, 0) is 0 Å². The second kappa shape index (κ2) is 4.28. The van der Waals surface area contributed by atoms with Crippen molar-refractivity contribution in [2.24, 2.45) is 0 Å². The first kappa shape index (κ1) is 12.8. The number of hydrogen-bond acceptors (Lipinski definition) is 2. The van der Waals surface area contributed by atoms with Crippen molar-refractivity contribution in [3.8, 4) is 0 Å². The van der Waals surface area contributed by atoms with Crippen LogP contribution in [-0.4, -0.2) is 10.1 Å². The molecule has 1 aromatic heterocycles. The zero-order valence-corrected chi connectivity index (χ0v) is 7.52. The van der Waals surface area contributed by atoms with Crippen molar-refractivity contribution < 1.29 is 31.4 Å². The highest BCUT2D eigenvalue weighted by atomic mass is 19.4. The predicted octanol–water partition coefficient (Wildman–Crippen LogP) is 2.67. The van der Waals surface area contributed by atoms with Crippen molar-refractivity contribution in [3.63, 3.8) is 0 Å². The molecule has 0 saturated heterocycles. The van der Waals surface area contributed by atoms with E-state index in [4.69, 9.17) is 5.11 Å². The molecule has 1 aromatic rings. The van der Waals surface area contributed by atoms with Gasteiger partial charge < -0.3 is 5.11 Å². The van der Waals surface area contributed by atoms with E-state index in [0.29, 0.717) is 0 Å². The minimum Gasteiger partial charge on any atom is -0.392 e. The van der Waals surface area contributed by atoms with Crippen molar-refractivity contribution in [2.45, 2.75) is 19.2 Å². The Morgan fingerprint density at radius 1 is 1.31 bits per heavy atom. The van der Waals surface area contributed by atoms with Gasteiger partial charge in [0.2, 0.25) is 0 Å². The molecule has 0 saturated carbocycles. The monoisotopic (exact) mass is 245 g/mol. The minimum atomic E-state index is -5.02. The fraction of sp³-hybridized carbons (Fsp3) is 0.375. The number of nitrogens with zero attached hydrogens (tertiary/aromatic N) is 1. The first-order valence-corrected chi connectivity index (χ1v) is 3.92. The molecule has 0 atom stereocenters. The van der Waals surface area contributed by atoms with E-state index < -0.39 is 41.8 Å². The molecule has 0 aromatic carbocycles. The summed E-state index contributed by atoms with van der Waals surface area (Å²) in [4.78, 5) is 2.67. The molecule has 0 amide bonds. The van der Waals surface area contributed by atoms with E-state index in [1.807, 2.05) is 0 Å². The summed E-state index contributed by atoms with van der Waals surface area (Å²) in [6.07, 6.45) is -8.41. The predicted molar refractivity (Wildman–Crippen MR) is 40.1 cm³/mol. The lowest BCUT2D eigenvalue weighted by atomic mass is 10.1. The SMILES string of the molecule is OCc1c(C(F)(F)F)ncc(F)c1C(F)F. The van der Waals surface area contributed by atoms with Crippen LogP contribution in [0.4, 0.5) is 26.3 Å². The van der Waals surface area contributed by atoms with Gasteiger partial charge in [-0.1, -0.05) is 0 Å². The Morgan fingerprint density at radius 3 is 2.25 bits per heavy atom. The molecule has 0 aliphatic heterocycles. The number of aromatic nitrogens is 1. The van der Waals surface area contributed by atoms with Crippen LogP contribution in [-0.2, 0) is 12.8 Å². The topological polar surface area (TPSA) is 33.1 Å². The van der Waals surface area contributed by atoms with E-state index in [0.717, 1.165) is 0 Å². The van der Waals surface area contributed by atoms with Crippen LogP contribution in [0.25, 0.3) is 0 Å². The smallest absolute Gasteiger partial charge is 0.392 e. The van der Waals surface area contributed by atoms with Crippen LogP contribution >= 0.6 is 0 Å². The highest BCUT2D eigenvalue weighted by Gasteiger charge is 2.38. The minimum absolute atomic E-state index is 0.0590. The molecule has 0 unspecified atom stereocenters. The van der Waals surface area contributed by atoms with Gasteiger partial charge in [-0.2, -0.15) is 13.2 Å². The van der Waals surface area contributed by atoms with Crippen molar-refractivity contribution in [1.29, 1.82) is 0 Å². The van der Waals surface area contributed by atoms with Crippen LogP contribution < -0.4 is 0 Å². The molecule has 1 N–H and O–H groups in total. The van der Waals surface area contributed by atoms with Gasteiger partial charge >= 0.3 is 6.18 Å². The van der Waals surface area contributed by atoms with E-state index in [2.05, 4.69) is 4.98 Å². The maximum absolute atomic E-state index is 12.8. The van der Waals surface area contributed by atoms with E-state index in [-0.39, 0.29) is 6.20 Å². The van der Waals surface area contributed by atoms with Gasteiger partial charge in [0.1, 0.15) is 0 Å². The normalized spacial score (nSPS) is 12.2. The summed E-state index contributed by atoms with van der Waals surface area (Å²) in [5.74, 6) is -1.58. The molecular formula is C8H5F6NO. The molecule has 0 aliphatic rings. The van der Waals surface area contributed by atoms with Gasteiger partial charge in [0, 0.05) is 5.56 Å². The van der Waals surface area contributed by atoms with Gasteiger partial charge in [-0.15, -0.1) is 0 Å². The second-order valence-electron chi connectivity index (χ2n) is 2.80. The number of aliphatic hydroxyl groups is 1. The molecule has 0 radical (unpaired) electrons. The van der Waals surface area contributed by atoms with Crippen molar-refractivity contribution in [2.75, 3.05) is 0 Å². The molecule has 0 spiro atoms. The van der Waals surface area contributed by atoms with Gasteiger partial charge in [-0.25, -0.2) is 18.2 Å². The Labute approximate surface area is 85.5 Å². The summed E-state index contributed by atoms with van der Waals surface area (Å²) in [6, 6.07) is 0. The average Bonchev–Trinajstić information content (AvgIpc) is 2.14. The van der Waals surface area contributed by atoms with Gasteiger partial charge in [0.05, 0.1) is 18.4 Å².